The first-order valence-corrected chi connectivity index (χ1v) is 6.96. The molecule has 2 aromatic rings. The summed E-state index contributed by atoms with van der Waals surface area (Å²) in [4.78, 5) is 2.05. The largest absolute Gasteiger partial charge is 0.454 e. The van der Waals surface area contributed by atoms with E-state index in [2.05, 4.69) is 15.1 Å². The van der Waals surface area contributed by atoms with Crippen molar-refractivity contribution in [3.8, 4) is 11.5 Å². The van der Waals surface area contributed by atoms with E-state index in [1.807, 2.05) is 56.6 Å². The van der Waals surface area contributed by atoms with Crippen LogP contribution in [0.25, 0.3) is 0 Å². The number of benzene rings is 2. The minimum absolute atomic E-state index is 0.275. The Morgan fingerprint density at radius 1 is 0.864 bits per heavy atom. The Morgan fingerprint density at radius 3 is 2.23 bits per heavy atom. The molecule has 0 radical (unpaired) electrons. The van der Waals surface area contributed by atoms with Crippen LogP contribution in [0.15, 0.2) is 52.7 Å². The maximum atomic E-state index is 5.32. The molecule has 5 heteroatoms. The monoisotopic (exact) mass is 295 g/mol. The first kappa shape index (κ1) is 14.1. The first-order valence-electron chi connectivity index (χ1n) is 6.96. The standard InChI is InChI=1S/C17H17N3O2/c1-20(2)15-6-3-13(4-7-15)10-18-19-11-14-5-8-16-17(9-14)22-12-21-16/h3-11H,12H2,1-2H3/b18-10+,19-11+. The minimum atomic E-state index is 0.275. The SMILES string of the molecule is CN(C)c1ccc(/C=N/N=C/c2ccc3c(c2)OCO3)cc1. The molecule has 5 nitrogen and oxygen atoms in total. The van der Waals surface area contributed by atoms with Gasteiger partial charge in [-0.25, -0.2) is 0 Å². The Kier molecular flexibility index (Phi) is 4.05. The van der Waals surface area contributed by atoms with Crippen molar-refractivity contribution in [2.24, 2.45) is 10.2 Å². The smallest absolute Gasteiger partial charge is 0.231 e. The van der Waals surface area contributed by atoms with E-state index in [0.29, 0.717) is 0 Å². The number of hydrogen-bond donors (Lipinski definition) is 0. The van der Waals surface area contributed by atoms with Gasteiger partial charge >= 0.3 is 0 Å². The second kappa shape index (κ2) is 6.30. The Morgan fingerprint density at radius 2 is 1.50 bits per heavy atom. The second-order valence-electron chi connectivity index (χ2n) is 5.09. The predicted octanol–water partition coefficient (Wildman–Crippen LogP) is 2.93. The van der Waals surface area contributed by atoms with Crippen LogP contribution in [0.1, 0.15) is 11.1 Å². The average molecular weight is 295 g/mol. The van der Waals surface area contributed by atoms with Gasteiger partial charge in [-0.2, -0.15) is 10.2 Å². The highest BCUT2D eigenvalue weighted by molar-refractivity contribution is 5.83. The van der Waals surface area contributed by atoms with Crippen molar-refractivity contribution in [1.29, 1.82) is 0 Å². The molecule has 0 saturated heterocycles. The van der Waals surface area contributed by atoms with Crippen LogP contribution >= 0.6 is 0 Å². The lowest BCUT2D eigenvalue weighted by Crippen LogP contribution is -2.08. The highest BCUT2D eigenvalue weighted by Crippen LogP contribution is 2.31. The number of nitrogens with zero attached hydrogens (tertiary/aromatic N) is 3. The Hall–Kier alpha value is -2.82. The maximum absolute atomic E-state index is 5.32. The molecule has 0 fully saturated rings. The van der Waals surface area contributed by atoms with Gasteiger partial charge in [0.05, 0.1) is 12.4 Å². The van der Waals surface area contributed by atoms with Gasteiger partial charge in [-0.1, -0.05) is 12.1 Å². The van der Waals surface area contributed by atoms with E-state index in [1.54, 1.807) is 12.4 Å². The predicted molar refractivity (Wildman–Crippen MR) is 88.5 cm³/mol. The fourth-order valence-corrected chi connectivity index (χ4v) is 2.05. The molecular weight excluding hydrogens is 278 g/mol. The summed E-state index contributed by atoms with van der Waals surface area (Å²) >= 11 is 0. The van der Waals surface area contributed by atoms with Crippen LogP contribution in [0.3, 0.4) is 0 Å². The van der Waals surface area contributed by atoms with Crippen molar-refractivity contribution in [3.05, 3.63) is 53.6 Å². The third-order valence-electron chi connectivity index (χ3n) is 3.29. The number of hydrogen-bond acceptors (Lipinski definition) is 5. The third kappa shape index (κ3) is 3.25. The van der Waals surface area contributed by atoms with Crippen LogP contribution in [0.2, 0.25) is 0 Å². The second-order valence-corrected chi connectivity index (χ2v) is 5.09. The van der Waals surface area contributed by atoms with Gasteiger partial charge in [-0.3, -0.25) is 0 Å². The molecule has 2 aromatic carbocycles. The summed E-state index contributed by atoms with van der Waals surface area (Å²) in [6.45, 7) is 0.275. The summed E-state index contributed by atoms with van der Waals surface area (Å²) in [5.74, 6) is 1.51. The molecule has 1 heterocycles. The van der Waals surface area contributed by atoms with E-state index < -0.39 is 0 Å². The lowest BCUT2D eigenvalue weighted by Gasteiger charge is -2.11. The molecule has 1 aliphatic rings. The summed E-state index contributed by atoms with van der Waals surface area (Å²) in [7, 11) is 4.03. The summed E-state index contributed by atoms with van der Waals surface area (Å²) in [6.07, 6.45) is 3.41. The zero-order valence-corrected chi connectivity index (χ0v) is 12.6. The molecule has 0 atom stereocenters. The van der Waals surface area contributed by atoms with Crippen molar-refractivity contribution in [3.63, 3.8) is 0 Å². The molecule has 22 heavy (non-hydrogen) atoms. The van der Waals surface area contributed by atoms with Gasteiger partial charge < -0.3 is 14.4 Å². The Bertz CT molecular complexity index is 706. The molecule has 3 rings (SSSR count). The number of fused-ring (bicyclic) bond motifs is 1. The van der Waals surface area contributed by atoms with E-state index in [0.717, 1.165) is 28.3 Å². The normalized spacial score (nSPS) is 13.2. The van der Waals surface area contributed by atoms with Crippen LogP contribution in [-0.4, -0.2) is 33.3 Å². The van der Waals surface area contributed by atoms with Crippen LogP contribution in [0, 0.1) is 0 Å². The molecule has 0 aliphatic carbocycles. The van der Waals surface area contributed by atoms with Crippen molar-refractivity contribution in [1.82, 2.24) is 0 Å². The lowest BCUT2D eigenvalue weighted by molar-refractivity contribution is 0.174. The molecule has 0 N–H and O–H groups in total. The van der Waals surface area contributed by atoms with Gasteiger partial charge in [0.15, 0.2) is 11.5 Å². The fraction of sp³-hybridized carbons (Fsp3) is 0.176. The average Bonchev–Trinajstić information content (AvgIpc) is 2.99. The van der Waals surface area contributed by atoms with E-state index >= 15 is 0 Å². The lowest BCUT2D eigenvalue weighted by atomic mass is 10.2. The molecule has 1 aliphatic heterocycles. The van der Waals surface area contributed by atoms with E-state index in [1.165, 1.54) is 0 Å². The zero-order valence-electron chi connectivity index (χ0n) is 12.6. The molecular formula is C17H17N3O2. The molecule has 0 amide bonds. The molecule has 0 aromatic heterocycles. The van der Waals surface area contributed by atoms with Crippen molar-refractivity contribution < 1.29 is 9.47 Å². The summed E-state index contributed by atoms with van der Waals surface area (Å²) < 4.78 is 10.6. The van der Waals surface area contributed by atoms with Gasteiger partial charge in [0, 0.05) is 19.8 Å². The summed E-state index contributed by atoms with van der Waals surface area (Å²) in [5, 5.41) is 8.12. The van der Waals surface area contributed by atoms with E-state index in [-0.39, 0.29) is 6.79 Å². The highest BCUT2D eigenvalue weighted by Gasteiger charge is 2.12. The van der Waals surface area contributed by atoms with Crippen LogP contribution < -0.4 is 14.4 Å². The number of anilines is 1. The Balaban J connectivity index is 1.63. The van der Waals surface area contributed by atoms with Crippen molar-refractivity contribution in [2.75, 3.05) is 25.8 Å². The quantitative estimate of drug-likeness (QED) is 0.643. The topological polar surface area (TPSA) is 46.4 Å². The minimum Gasteiger partial charge on any atom is -0.454 e. The van der Waals surface area contributed by atoms with E-state index in [4.69, 9.17) is 9.47 Å². The zero-order chi connectivity index (χ0) is 15.4. The van der Waals surface area contributed by atoms with Crippen molar-refractivity contribution >= 4 is 18.1 Å². The maximum Gasteiger partial charge on any atom is 0.231 e. The van der Waals surface area contributed by atoms with Crippen LogP contribution in [-0.2, 0) is 0 Å². The van der Waals surface area contributed by atoms with Crippen LogP contribution in [0.4, 0.5) is 5.69 Å². The summed E-state index contributed by atoms with van der Waals surface area (Å²) in [6, 6.07) is 13.8. The number of rotatable bonds is 4. The summed E-state index contributed by atoms with van der Waals surface area (Å²) in [5.41, 5.74) is 3.08. The van der Waals surface area contributed by atoms with Crippen molar-refractivity contribution in [2.45, 2.75) is 0 Å². The number of ether oxygens (including phenoxy) is 2. The molecule has 0 bridgehead atoms. The molecule has 0 saturated carbocycles. The molecule has 112 valence electrons. The van der Waals surface area contributed by atoms with Gasteiger partial charge in [-0.15, -0.1) is 0 Å². The highest BCUT2D eigenvalue weighted by atomic mass is 16.7. The van der Waals surface area contributed by atoms with Gasteiger partial charge in [0.25, 0.3) is 0 Å². The van der Waals surface area contributed by atoms with Crippen LogP contribution in [0.5, 0.6) is 11.5 Å². The van der Waals surface area contributed by atoms with E-state index in [9.17, 15) is 0 Å². The first-order chi connectivity index (χ1) is 10.7. The van der Waals surface area contributed by atoms with Gasteiger partial charge in [0.2, 0.25) is 6.79 Å². The van der Waals surface area contributed by atoms with Gasteiger partial charge in [0.1, 0.15) is 0 Å². The third-order valence-corrected chi connectivity index (χ3v) is 3.29. The Labute approximate surface area is 129 Å². The molecule has 0 unspecified atom stereocenters. The fourth-order valence-electron chi connectivity index (χ4n) is 2.05. The molecule has 0 spiro atoms. The van der Waals surface area contributed by atoms with Gasteiger partial charge in [-0.05, 0) is 41.5 Å².